The van der Waals surface area contributed by atoms with Crippen molar-refractivity contribution in [3.05, 3.63) is 23.0 Å². The Hall–Kier alpha value is -1.66. The van der Waals surface area contributed by atoms with Gasteiger partial charge in [0.15, 0.2) is 5.65 Å². The number of hydrogen-bond donors (Lipinski definition) is 2. The number of aryl methyl sites for hydroxylation is 1. The fourth-order valence-corrected chi connectivity index (χ4v) is 2.40. The molecule has 2 aromatic heterocycles. The van der Waals surface area contributed by atoms with E-state index in [4.69, 9.17) is 10.6 Å². The number of hydrazine groups is 1. The van der Waals surface area contributed by atoms with Crippen molar-refractivity contribution < 1.29 is 4.74 Å². The van der Waals surface area contributed by atoms with Gasteiger partial charge in [0.2, 0.25) is 0 Å². The van der Waals surface area contributed by atoms with Crippen LogP contribution < -0.4 is 11.3 Å². The van der Waals surface area contributed by atoms with Crippen LogP contribution in [0.4, 0.5) is 5.82 Å². The number of ether oxygens (including phenoxy) is 1. The molecule has 0 unspecified atom stereocenters. The lowest BCUT2D eigenvalue weighted by atomic mass is 10.2. The molecule has 0 aromatic carbocycles. The second-order valence-electron chi connectivity index (χ2n) is 4.22. The maximum absolute atomic E-state index is 5.60. The van der Waals surface area contributed by atoms with Crippen LogP contribution in [-0.4, -0.2) is 21.7 Å². The smallest absolute Gasteiger partial charge is 0.158 e. The van der Waals surface area contributed by atoms with Crippen molar-refractivity contribution >= 4 is 11.5 Å². The summed E-state index contributed by atoms with van der Waals surface area (Å²) in [4.78, 5) is 4.62. The van der Waals surface area contributed by atoms with Crippen LogP contribution >= 0.6 is 0 Å². The maximum Gasteiger partial charge on any atom is 0.158 e. The highest BCUT2D eigenvalue weighted by atomic mass is 16.5. The van der Waals surface area contributed by atoms with Crippen molar-refractivity contribution in [3.8, 4) is 0 Å². The summed E-state index contributed by atoms with van der Waals surface area (Å²) in [6, 6.07) is 1.93. The number of fused-ring (bicyclic) bond motifs is 2. The van der Waals surface area contributed by atoms with E-state index in [0.29, 0.717) is 6.61 Å². The number of hydrogen-bond acceptors (Lipinski definition) is 5. The minimum Gasteiger partial charge on any atom is -0.378 e. The summed E-state index contributed by atoms with van der Waals surface area (Å²) in [6.45, 7) is 0.484. The van der Waals surface area contributed by atoms with E-state index in [0.717, 1.165) is 42.1 Å². The zero-order valence-electron chi connectivity index (χ0n) is 9.73. The summed E-state index contributed by atoms with van der Waals surface area (Å²) >= 11 is 0. The molecule has 0 radical (unpaired) electrons. The summed E-state index contributed by atoms with van der Waals surface area (Å²) in [5.41, 5.74) is 6.75. The topological polar surface area (TPSA) is 77.5 Å². The first-order valence-electron chi connectivity index (χ1n) is 5.69. The van der Waals surface area contributed by atoms with Gasteiger partial charge in [-0.2, -0.15) is 9.61 Å². The molecule has 0 atom stereocenters. The number of rotatable bonds is 3. The average Bonchev–Trinajstić information content (AvgIpc) is 2.91. The van der Waals surface area contributed by atoms with Gasteiger partial charge in [0, 0.05) is 24.4 Å². The molecule has 0 saturated heterocycles. The standard InChI is InChI=1S/C11H15N5O/c1-17-6-7-5-10-13-9-4-2-3-8(9)11(14-12)16(10)15-7/h5,14H,2-4,6,12H2,1H3. The van der Waals surface area contributed by atoms with Gasteiger partial charge in [-0.05, 0) is 19.3 Å². The van der Waals surface area contributed by atoms with Crippen LogP contribution in [0.5, 0.6) is 0 Å². The van der Waals surface area contributed by atoms with Crippen molar-refractivity contribution in [3.63, 3.8) is 0 Å². The van der Waals surface area contributed by atoms with Crippen molar-refractivity contribution in [1.29, 1.82) is 0 Å². The van der Waals surface area contributed by atoms with Crippen molar-refractivity contribution in [2.45, 2.75) is 25.9 Å². The third-order valence-corrected chi connectivity index (χ3v) is 3.11. The highest BCUT2D eigenvalue weighted by Gasteiger charge is 2.20. The second-order valence-corrected chi connectivity index (χ2v) is 4.22. The maximum atomic E-state index is 5.60. The first-order valence-corrected chi connectivity index (χ1v) is 5.69. The Morgan fingerprint density at radius 1 is 1.53 bits per heavy atom. The molecule has 3 N–H and O–H groups in total. The fraction of sp³-hybridized carbons (Fsp3) is 0.455. The van der Waals surface area contributed by atoms with Crippen LogP contribution in [0, 0.1) is 0 Å². The molecule has 0 saturated carbocycles. The fourth-order valence-electron chi connectivity index (χ4n) is 2.40. The van der Waals surface area contributed by atoms with Gasteiger partial charge in [0.1, 0.15) is 5.82 Å². The number of methoxy groups -OCH3 is 1. The summed E-state index contributed by atoms with van der Waals surface area (Å²) in [5.74, 6) is 6.45. The van der Waals surface area contributed by atoms with Crippen LogP contribution in [0.3, 0.4) is 0 Å². The molecular weight excluding hydrogens is 218 g/mol. The molecule has 0 aliphatic heterocycles. The molecule has 6 nitrogen and oxygen atoms in total. The summed E-state index contributed by atoms with van der Waals surface area (Å²) in [7, 11) is 1.65. The van der Waals surface area contributed by atoms with Crippen molar-refractivity contribution in [2.75, 3.05) is 12.5 Å². The zero-order chi connectivity index (χ0) is 11.8. The van der Waals surface area contributed by atoms with Gasteiger partial charge >= 0.3 is 0 Å². The van der Waals surface area contributed by atoms with E-state index in [9.17, 15) is 0 Å². The Labute approximate surface area is 98.7 Å². The van der Waals surface area contributed by atoms with Crippen LogP contribution in [0.1, 0.15) is 23.4 Å². The quantitative estimate of drug-likeness (QED) is 0.601. The van der Waals surface area contributed by atoms with E-state index in [1.807, 2.05) is 6.07 Å². The second kappa shape index (κ2) is 3.97. The van der Waals surface area contributed by atoms with Gasteiger partial charge in [-0.3, -0.25) is 0 Å². The number of nitrogens with one attached hydrogen (secondary N) is 1. The molecule has 0 amide bonds. The highest BCUT2D eigenvalue weighted by Crippen LogP contribution is 2.28. The molecule has 3 rings (SSSR count). The third-order valence-electron chi connectivity index (χ3n) is 3.11. The Kier molecular flexibility index (Phi) is 2.45. The molecule has 1 aliphatic carbocycles. The first kappa shape index (κ1) is 10.5. The van der Waals surface area contributed by atoms with Crippen molar-refractivity contribution in [2.24, 2.45) is 5.84 Å². The lowest BCUT2D eigenvalue weighted by molar-refractivity contribution is 0.181. The predicted molar refractivity (Wildman–Crippen MR) is 63.5 cm³/mol. The SMILES string of the molecule is COCc1cc2nc3c(c(NN)n2n1)CCC3. The van der Waals surface area contributed by atoms with Crippen LogP contribution in [0.2, 0.25) is 0 Å². The summed E-state index contributed by atoms with van der Waals surface area (Å²) < 4.78 is 6.84. The normalized spacial score (nSPS) is 14.2. The molecule has 90 valence electrons. The van der Waals surface area contributed by atoms with E-state index in [1.165, 1.54) is 5.56 Å². The Morgan fingerprint density at radius 2 is 2.41 bits per heavy atom. The van der Waals surface area contributed by atoms with E-state index >= 15 is 0 Å². The molecule has 0 spiro atoms. The Balaban J connectivity index is 2.21. The molecule has 0 fully saturated rings. The Bertz CT molecular complexity index is 562. The van der Waals surface area contributed by atoms with E-state index in [2.05, 4.69) is 15.5 Å². The van der Waals surface area contributed by atoms with E-state index in [1.54, 1.807) is 11.6 Å². The largest absolute Gasteiger partial charge is 0.378 e. The third kappa shape index (κ3) is 1.57. The summed E-state index contributed by atoms with van der Waals surface area (Å²) in [5, 5.41) is 4.44. The van der Waals surface area contributed by atoms with Gasteiger partial charge in [0.25, 0.3) is 0 Å². The van der Waals surface area contributed by atoms with Gasteiger partial charge in [0.05, 0.1) is 12.3 Å². The molecule has 17 heavy (non-hydrogen) atoms. The molecule has 1 aliphatic rings. The number of nitrogens with zero attached hydrogens (tertiary/aromatic N) is 3. The van der Waals surface area contributed by atoms with Crippen LogP contribution in [0.25, 0.3) is 5.65 Å². The zero-order valence-corrected chi connectivity index (χ0v) is 9.73. The molecule has 2 aromatic rings. The van der Waals surface area contributed by atoms with Gasteiger partial charge in [-0.25, -0.2) is 10.8 Å². The molecule has 0 bridgehead atoms. The predicted octanol–water partition coefficient (Wildman–Crippen LogP) is 0.650. The summed E-state index contributed by atoms with van der Waals surface area (Å²) in [6.07, 6.45) is 3.16. The van der Waals surface area contributed by atoms with Gasteiger partial charge in [-0.15, -0.1) is 0 Å². The lowest BCUT2D eigenvalue weighted by Gasteiger charge is -2.08. The highest BCUT2D eigenvalue weighted by molar-refractivity contribution is 5.56. The Morgan fingerprint density at radius 3 is 3.18 bits per heavy atom. The minimum atomic E-state index is 0.484. The first-order chi connectivity index (χ1) is 8.33. The van der Waals surface area contributed by atoms with Crippen molar-refractivity contribution in [1.82, 2.24) is 14.6 Å². The van der Waals surface area contributed by atoms with E-state index in [-0.39, 0.29) is 0 Å². The van der Waals surface area contributed by atoms with Gasteiger partial charge < -0.3 is 10.2 Å². The monoisotopic (exact) mass is 233 g/mol. The van der Waals surface area contributed by atoms with Gasteiger partial charge in [-0.1, -0.05) is 0 Å². The molecule has 6 heteroatoms. The number of aromatic nitrogens is 3. The minimum absolute atomic E-state index is 0.484. The lowest BCUT2D eigenvalue weighted by Crippen LogP contribution is -2.15. The van der Waals surface area contributed by atoms with Crippen LogP contribution in [0.15, 0.2) is 6.07 Å². The molecular formula is C11H15N5O. The van der Waals surface area contributed by atoms with E-state index < -0.39 is 0 Å². The molecule has 2 heterocycles. The van der Waals surface area contributed by atoms with Crippen LogP contribution in [-0.2, 0) is 24.2 Å². The average molecular weight is 233 g/mol. The number of nitrogen functional groups attached to an aromatic ring is 1. The number of anilines is 1. The number of nitrogens with two attached hydrogens (primary N) is 1.